The van der Waals surface area contributed by atoms with Crippen LogP contribution in [0.5, 0.6) is 0 Å². The van der Waals surface area contributed by atoms with E-state index < -0.39 is 84.1 Å². The van der Waals surface area contributed by atoms with Gasteiger partial charge in [0.2, 0.25) is 0 Å². The number of aliphatic hydroxyl groups excluding tert-OH is 3. The number of Topliss-reactive ketones (excluding diaryl/α,β-unsaturated/α-hetero) is 1. The molecule has 2 spiro atoms. The predicted octanol–water partition coefficient (Wildman–Crippen LogP) is 3.45. The normalized spacial score (nSPS) is 53.8. The van der Waals surface area contributed by atoms with Gasteiger partial charge in [0.05, 0.1) is 30.3 Å². The van der Waals surface area contributed by atoms with E-state index in [1.54, 1.807) is 21.0 Å². The fourth-order valence-electron chi connectivity index (χ4n) is 12.4. The number of epoxide rings is 1. The Morgan fingerprint density at radius 1 is 0.868 bits per heavy atom. The van der Waals surface area contributed by atoms with Crippen molar-refractivity contribution in [3.63, 3.8) is 0 Å². The van der Waals surface area contributed by atoms with E-state index in [4.69, 9.17) is 37.9 Å². The number of hydrogen-bond donors (Lipinski definition) is 3. The quantitative estimate of drug-likeness (QED) is 0.169. The van der Waals surface area contributed by atoms with Crippen LogP contribution in [0.1, 0.15) is 106 Å². The third-order valence-electron chi connectivity index (χ3n) is 15.6. The molecule has 0 bridgehead atoms. The Hall–Kier alpha value is -1.26. The molecular weight excluding hydrogens is 688 g/mol. The Morgan fingerprint density at radius 2 is 1.60 bits per heavy atom. The summed E-state index contributed by atoms with van der Waals surface area (Å²) < 4.78 is 49.8. The van der Waals surface area contributed by atoms with Gasteiger partial charge in [-0.3, -0.25) is 9.59 Å². The van der Waals surface area contributed by atoms with E-state index in [0.29, 0.717) is 19.3 Å². The molecule has 7 rings (SSSR count). The van der Waals surface area contributed by atoms with Gasteiger partial charge in [-0.1, -0.05) is 27.7 Å². The molecule has 53 heavy (non-hydrogen) atoms. The van der Waals surface area contributed by atoms with Crippen molar-refractivity contribution in [1.29, 1.82) is 0 Å². The number of esters is 1. The first kappa shape index (κ1) is 40.0. The van der Waals surface area contributed by atoms with Crippen LogP contribution in [0.4, 0.5) is 0 Å². The highest BCUT2D eigenvalue weighted by Crippen LogP contribution is 2.81. The van der Waals surface area contributed by atoms with Crippen LogP contribution < -0.4 is 0 Å². The molecule has 4 saturated carbocycles. The molecule has 3 heterocycles. The molecule has 13 nitrogen and oxygen atoms in total. The van der Waals surface area contributed by atoms with E-state index in [9.17, 15) is 24.9 Å². The molecule has 0 aromatic carbocycles. The summed E-state index contributed by atoms with van der Waals surface area (Å²) in [4.78, 5) is 26.5. The van der Waals surface area contributed by atoms with Gasteiger partial charge in [-0.2, -0.15) is 0 Å². The number of ether oxygens (including phenoxy) is 8. The van der Waals surface area contributed by atoms with Gasteiger partial charge < -0.3 is 53.2 Å². The molecule has 20 atom stereocenters. The van der Waals surface area contributed by atoms with E-state index in [2.05, 4.69) is 6.92 Å². The maximum absolute atomic E-state index is 13.5. The van der Waals surface area contributed by atoms with E-state index >= 15 is 0 Å². The van der Waals surface area contributed by atoms with Crippen LogP contribution in [0.3, 0.4) is 0 Å². The molecule has 0 amide bonds. The summed E-state index contributed by atoms with van der Waals surface area (Å²) in [6, 6.07) is 0. The van der Waals surface area contributed by atoms with Crippen molar-refractivity contribution in [1.82, 2.24) is 0 Å². The zero-order chi connectivity index (χ0) is 38.4. The second-order valence-corrected chi connectivity index (χ2v) is 18.0. The molecule has 3 saturated heterocycles. The van der Waals surface area contributed by atoms with Gasteiger partial charge in [0, 0.05) is 37.9 Å². The molecule has 0 aromatic heterocycles. The fraction of sp³-hybridized carbons (Fsp3) is 0.950. The second kappa shape index (κ2) is 14.3. The Balaban J connectivity index is 1.06. The monoisotopic (exact) mass is 752 g/mol. The van der Waals surface area contributed by atoms with Crippen molar-refractivity contribution >= 4 is 11.8 Å². The molecule has 302 valence electrons. The number of aliphatic hydroxyl groups is 3. The third kappa shape index (κ3) is 5.92. The minimum absolute atomic E-state index is 0.0546. The number of carbonyl (C=O) groups is 2. The molecule has 7 fully saturated rings. The van der Waals surface area contributed by atoms with Gasteiger partial charge in [0.1, 0.15) is 53.6 Å². The first-order valence-electron chi connectivity index (χ1n) is 20.2. The Kier molecular flexibility index (Phi) is 10.8. The van der Waals surface area contributed by atoms with Crippen LogP contribution in [0.25, 0.3) is 0 Å². The SMILES string of the molecule is CCC(C)C(=O)OC1C2C3(C)CCC(OC4CC(OC)C(OC5OC(C)C(O)C(OC)C5O)C(C)O4)CC3CCC23OC32CCC(C(C)=O)C2(C)C1O. The maximum atomic E-state index is 13.5. The van der Waals surface area contributed by atoms with Gasteiger partial charge in [-0.25, -0.2) is 0 Å². The summed E-state index contributed by atoms with van der Waals surface area (Å²) in [6.07, 6.45) is -2.05. The molecule has 0 aromatic rings. The molecule has 3 N–H and O–H groups in total. The number of rotatable bonds is 10. The smallest absolute Gasteiger partial charge is 0.309 e. The van der Waals surface area contributed by atoms with Crippen molar-refractivity contribution in [2.45, 2.75) is 191 Å². The lowest BCUT2D eigenvalue weighted by atomic mass is 9.43. The molecular formula is C40H64O13. The maximum Gasteiger partial charge on any atom is 0.309 e. The predicted molar refractivity (Wildman–Crippen MR) is 188 cm³/mol. The van der Waals surface area contributed by atoms with Crippen LogP contribution >= 0.6 is 0 Å². The van der Waals surface area contributed by atoms with Gasteiger partial charge in [-0.15, -0.1) is 0 Å². The Labute approximate surface area is 314 Å². The van der Waals surface area contributed by atoms with Gasteiger partial charge in [0.25, 0.3) is 0 Å². The van der Waals surface area contributed by atoms with E-state index in [-0.39, 0.29) is 46.9 Å². The largest absolute Gasteiger partial charge is 0.459 e. The lowest BCUT2D eigenvalue weighted by Crippen LogP contribution is -2.70. The van der Waals surface area contributed by atoms with E-state index in [1.807, 2.05) is 27.7 Å². The van der Waals surface area contributed by atoms with Gasteiger partial charge in [0.15, 0.2) is 12.6 Å². The summed E-state index contributed by atoms with van der Waals surface area (Å²) in [6.45, 7) is 13.3. The summed E-state index contributed by atoms with van der Waals surface area (Å²) in [5.74, 6) is -0.890. The molecule has 13 heteroatoms. The number of fused-ring (bicyclic) bond motifs is 2. The lowest BCUT2D eigenvalue weighted by Gasteiger charge is -2.61. The average molecular weight is 753 g/mol. The minimum Gasteiger partial charge on any atom is -0.459 e. The summed E-state index contributed by atoms with van der Waals surface area (Å²) in [5.41, 5.74) is -2.29. The van der Waals surface area contributed by atoms with Crippen molar-refractivity contribution in [2.75, 3.05) is 14.2 Å². The first-order chi connectivity index (χ1) is 25.0. The molecule has 0 radical (unpaired) electrons. The third-order valence-corrected chi connectivity index (χ3v) is 15.6. The Morgan fingerprint density at radius 3 is 2.26 bits per heavy atom. The summed E-state index contributed by atoms with van der Waals surface area (Å²) in [7, 11) is 3.05. The van der Waals surface area contributed by atoms with Crippen LogP contribution in [-0.4, -0.2) is 126 Å². The highest BCUT2D eigenvalue weighted by Gasteiger charge is 2.90. The molecule has 20 unspecified atom stereocenters. The number of carbonyl (C=O) groups excluding carboxylic acids is 2. The number of hydrogen-bond acceptors (Lipinski definition) is 13. The van der Waals surface area contributed by atoms with Crippen molar-refractivity contribution in [2.24, 2.45) is 34.5 Å². The van der Waals surface area contributed by atoms with Gasteiger partial charge in [-0.05, 0) is 83.5 Å². The van der Waals surface area contributed by atoms with Crippen molar-refractivity contribution in [3.8, 4) is 0 Å². The highest BCUT2D eigenvalue weighted by atomic mass is 16.7. The van der Waals surface area contributed by atoms with Crippen molar-refractivity contribution < 1.29 is 62.8 Å². The van der Waals surface area contributed by atoms with E-state index in [0.717, 1.165) is 38.5 Å². The zero-order valence-corrected chi connectivity index (χ0v) is 33.0. The molecule has 4 aliphatic carbocycles. The highest BCUT2D eigenvalue weighted by molar-refractivity contribution is 5.80. The first-order valence-corrected chi connectivity index (χ1v) is 20.2. The fourth-order valence-corrected chi connectivity index (χ4v) is 12.4. The van der Waals surface area contributed by atoms with Crippen LogP contribution in [0.15, 0.2) is 0 Å². The number of methoxy groups -OCH3 is 2. The second-order valence-electron chi connectivity index (χ2n) is 18.0. The molecule has 3 aliphatic heterocycles. The lowest BCUT2D eigenvalue weighted by molar-refractivity contribution is -0.343. The standard InChI is InChI=1S/C40H64O13/c1-10-19(2)35(45)51-32-33-37(6)14-12-24(17-23(37)11-15-39(33)40(53-39)16-13-25(20(3)41)38(40,7)34(32)44)50-27-18-26(46-8)30(22(5)48-27)52-36-29(43)31(47-9)28(42)21(4)49-36/h19,21-34,36,42-44H,10-18H2,1-9H3. The Bertz CT molecular complexity index is 1380. The van der Waals surface area contributed by atoms with Gasteiger partial charge >= 0.3 is 5.97 Å². The topological polar surface area (TPSA) is 172 Å². The average Bonchev–Trinajstić information content (AvgIpc) is 3.67. The summed E-state index contributed by atoms with van der Waals surface area (Å²) in [5, 5.41) is 33.7. The van der Waals surface area contributed by atoms with E-state index in [1.165, 1.54) is 7.11 Å². The summed E-state index contributed by atoms with van der Waals surface area (Å²) >= 11 is 0. The minimum atomic E-state index is -1.20. The van der Waals surface area contributed by atoms with Crippen LogP contribution in [0.2, 0.25) is 0 Å². The van der Waals surface area contributed by atoms with Crippen LogP contribution in [-0.2, 0) is 47.5 Å². The number of ketones is 1. The zero-order valence-electron chi connectivity index (χ0n) is 33.0. The van der Waals surface area contributed by atoms with Crippen molar-refractivity contribution in [3.05, 3.63) is 0 Å². The molecule has 7 aliphatic rings. The van der Waals surface area contributed by atoms with Crippen LogP contribution in [0, 0.1) is 34.5 Å².